The van der Waals surface area contributed by atoms with Crippen molar-refractivity contribution in [1.82, 2.24) is 0 Å². The third kappa shape index (κ3) is 3.14. The van der Waals surface area contributed by atoms with Gasteiger partial charge in [-0.1, -0.05) is 32.0 Å². The molecule has 1 unspecified atom stereocenters. The predicted octanol–water partition coefficient (Wildman–Crippen LogP) is 3.41. The average Bonchev–Trinajstić information content (AvgIpc) is 2.96. The lowest BCUT2D eigenvalue weighted by atomic mass is 10.0. The van der Waals surface area contributed by atoms with E-state index in [1.165, 1.54) is 11.6 Å². The standard InChI is InChI=1S/C18H20N2O3S/c1-13(2)14-6-8-16(9-7-14)19-10-11-20(24(19)23)17-5-3-4-15(12-17)18(21)22/h3-9,12-13H,10-11H2,1-2H3,(H,21,22). The van der Waals surface area contributed by atoms with E-state index in [0.29, 0.717) is 24.7 Å². The van der Waals surface area contributed by atoms with Crippen LogP contribution >= 0.6 is 0 Å². The fraction of sp³-hybridized carbons (Fsp3) is 0.278. The molecular formula is C18H20N2O3S. The van der Waals surface area contributed by atoms with Gasteiger partial charge in [0.25, 0.3) is 0 Å². The molecule has 1 heterocycles. The van der Waals surface area contributed by atoms with E-state index >= 15 is 0 Å². The molecule has 1 saturated heterocycles. The first-order valence-corrected chi connectivity index (χ1v) is 8.94. The van der Waals surface area contributed by atoms with E-state index in [2.05, 4.69) is 26.0 Å². The number of aromatic carboxylic acids is 1. The van der Waals surface area contributed by atoms with Gasteiger partial charge in [0.2, 0.25) is 11.2 Å². The number of hydrogen-bond donors (Lipinski definition) is 1. The van der Waals surface area contributed by atoms with Crippen molar-refractivity contribution >= 4 is 28.5 Å². The van der Waals surface area contributed by atoms with E-state index in [9.17, 15) is 9.00 Å². The van der Waals surface area contributed by atoms with Crippen molar-refractivity contribution in [3.05, 3.63) is 59.7 Å². The van der Waals surface area contributed by atoms with Crippen molar-refractivity contribution in [2.45, 2.75) is 19.8 Å². The molecule has 1 N–H and O–H groups in total. The van der Waals surface area contributed by atoms with Crippen molar-refractivity contribution in [3.8, 4) is 0 Å². The number of anilines is 2. The van der Waals surface area contributed by atoms with Gasteiger partial charge < -0.3 is 5.11 Å². The van der Waals surface area contributed by atoms with Gasteiger partial charge in [-0.15, -0.1) is 0 Å². The van der Waals surface area contributed by atoms with E-state index in [1.807, 2.05) is 16.4 Å². The summed E-state index contributed by atoms with van der Waals surface area (Å²) in [5.41, 5.74) is 3.02. The summed E-state index contributed by atoms with van der Waals surface area (Å²) in [5.74, 6) is -0.527. The summed E-state index contributed by atoms with van der Waals surface area (Å²) in [5, 5.41) is 9.11. The Morgan fingerprint density at radius 3 is 2.25 bits per heavy atom. The minimum absolute atomic E-state index is 0.198. The molecule has 1 atom stereocenters. The second-order valence-electron chi connectivity index (χ2n) is 6.04. The van der Waals surface area contributed by atoms with E-state index in [0.717, 1.165) is 5.69 Å². The summed E-state index contributed by atoms with van der Waals surface area (Å²) in [6, 6.07) is 14.7. The van der Waals surface area contributed by atoms with Crippen LogP contribution in [0.15, 0.2) is 48.5 Å². The van der Waals surface area contributed by atoms with Crippen LogP contribution in [-0.2, 0) is 11.2 Å². The zero-order chi connectivity index (χ0) is 17.3. The first-order valence-electron chi connectivity index (χ1n) is 7.88. The molecule has 0 saturated carbocycles. The molecule has 0 aromatic heterocycles. The van der Waals surface area contributed by atoms with E-state index in [-0.39, 0.29) is 5.56 Å². The van der Waals surface area contributed by atoms with Gasteiger partial charge in [0, 0.05) is 0 Å². The van der Waals surface area contributed by atoms with Crippen molar-refractivity contribution in [1.29, 1.82) is 0 Å². The van der Waals surface area contributed by atoms with Crippen LogP contribution in [0.4, 0.5) is 11.4 Å². The Hall–Kier alpha value is -2.34. The zero-order valence-corrected chi connectivity index (χ0v) is 14.5. The van der Waals surface area contributed by atoms with Crippen molar-refractivity contribution < 1.29 is 14.1 Å². The van der Waals surface area contributed by atoms with Crippen LogP contribution in [0.25, 0.3) is 0 Å². The Bertz CT molecular complexity index is 774. The van der Waals surface area contributed by atoms with Gasteiger partial charge in [-0.2, -0.15) is 0 Å². The Balaban J connectivity index is 1.82. The van der Waals surface area contributed by atoms with Crippen LogP contribution in [0, 0.1) is 0 Å². The Morgan fingerprint density at radius 1 is 1.04 bits per heavy atom. The summed E-state index contributed by atoms with van der Waals surface area (Å²) in [6.45, 7) is 5.49. The number of nitrogens with zero attached hydrogens (tertiary/aromatic N) is 2. The monoisotopic (exact) mass is 344 g/mol. The van der Waals surface area contributed by atoms with Crippen molar-refractivity contribution in [2.75, 3.05) is 21.7 Å². The molecule has 2 aromatic rings. The van der Waals surface area contributed by atoms with Crippen LogP contribution in [0.5, 0.6) is 0 Å². The Kier molecular flexibility index (Phi) is 4.57. The average molecular weight is 344 g/mol. The highest BCUT2D eigenvalue weighted by Gasteiger charge is 2.29. The van der Waals surface area contributed by atoms with Crippen molar-refractivity contribution in [3.63, 3.8) is 0 Å². The van der Waals surface area contributed by atoms with E-state index in [4.69, 9.17) is 5.11 Å². The van der Waals surface area contributed by atoms with Gasteiger partial charge in [-0.3, -0.25) is 8.61 Å². The first-order chi connectivity index (χ1) is 11.5. The van der Waals surface area contributed by atoms with Crippen LogP contribution in [0.1, 0.15) is 35.7 Å². The summed E-state index contributed by atoms with van der Waals surface area (Å²) in [7, 11) is 0. The minimum atomic E-state index is -1.37. The first kappa shape index (κ1) is 16.5. The SMILES string of the molecule is CC(C)c1ccc(N2CCN(c3cccc(C(=O)O)c3)S2=O)cc1. The predicted molar refractivity (Wildman–Crippen MR) is 96.8 cm³/mol. The molecule has 0 radical (unpaired) electrons. The maximum absolute atomic E-state index is 12.8. The van der Waals surface area contributed by atoms with Crippen molar-refractivity contribution in [2.24, 2.45) is 0 Å². The molecule has 6 heteroatoms. The molecule has 5 nitrogen and oxygen atoms in total. The van der Waals surface area contributed by atoms with Gasteiger partial charge in [-0.25, -0.2) is 9.00 Å². The fourth-order valence-corrected chi connectivity index (χ4v) is 4.02. The highest BCUT2D eigenvalue weighted by Crippen LogP contribution is 2.28. The number of carbonyl (C=O) groups is 1. The summed E-state index contributed by atoms with van der Waals surface area (Å²) in [6.07, 6.45) is 0. The highest BCUT2D eigenvalue weighted by molar-refractivity contribution is 7.88. The molecule has 3 rings (SSSR count). The van der Waals surface area contributed by atoms with Crippen LogP contribution in [-0.4, -0.2) is 28.4 Å². The van der Waals surface area contributed by atoms with Gasteiger partial charge in [0.15, 0.2) is 0 Å². The third-order valence-corrected chi connectivity index (χ3v) is 5.65. The fourth-order valence-electron chi connectivity index (χ4n) is 2.71. The molecule has 1 fully saturated rings. The summed E-state index contributed by atoms with van der Waals surface area (Å²) >= 11 is -1.37. The molecule has 1 aliphatic rings. The Morgan fingerprint density at radius 2 is 1.67 bits per heavy atom. The molecule has 1 aliphatic heterocycles. The molecular weight excluding hydrogens is 324 g/mol. The molecule has 0 aliphatic carbocycles. The molecule has 0 bridgehead atoms. The molecule has 0 amide bonds. The number of benzene rings is 2. The van der Waals surface area contributed by atoms with E-state index in [1.54, 1.807) is 22.5 Å². The van der Waals surface area contributed by atoms with Gasteiger partial charge >= 0.3 is 5.97 Å². The lowest BCUT2D eigenvalue weighted by Crippen LogP contribution is -2.26. The lowest BCUT2D eigenvalue weighted by molar-refractivity contribution is 0.0697. The normalized spacial score (nSPS) is 17.5. The summed E-state index contributed by atoms with van der Waals surface area (Å²) in [4.78, 5) is 11.1. The molecule has 0 spiro atoms. The molecule has 126 valence electrons. The maximum atomic E-state index is 12.8. The third-order valence-electron chi connectivity index (χ3n) is 4.11. The van der Waals surface area contributed by atoms with Gasteiger partial charge in [-0.05, 0) is 41.8 Å². The maximum Gasteiger partial charge on any atom is 0.335 e. The number of carboxylic acids is 1. The number of hydrogen-bond acceptors (Lipinski definition) is 2. The van der Waals surface area contributed by atoms with Gasteiger partial charge in [0.05, 0.1) is 30.0 Å². The largest absolute Gasteiger partial charge is 0.478 e. The molecule has 24 heavy (non-hydrogen) atoms. The zero-order valence-electron chi connectivity index (χ0n) is 13.7. The number of carboxylic acid groups (broad SMARTS) is 1. The second kappa shape index (κ2) is 6.65. The Labute approximate surface area is 144 Å². The summed E-state index contributed by atoms with van der Waals surface area (Å²) < 4.78 is 16.4. The van der Waals surface area contributed by atoms with Crippen LogP contribution in [0.3, 0.4) is 0 Å². The highest BCUT2D eigenvalue weighted by atomic mass is 32.2. The van der Waals surface area contributed by atoms with E-state index < -0.39 is 17.1 Å². The second-order valence-corrected chi connectivity index (χ2v) is 7.38. The van der Waals surface area contributed by atoms with Crippen LogP contribution in [0.2, 0.25) is 0 Å². The minimum Gasteiger partial charge on any atom is -0.478 e. The smallest absolute Gasteiger partial charge is 0.335 e. The topological polar surface area (TPSA) is 60.9 Å². The molecule has 2 aromatic carbocycles. The number of rotatable bonds is 4. The van der Waals surface area contributed by atoms with Crippen LogP contribution < -0.4 is 8.61 Å². The van der Waals surface area contributed by atoms with Gasteiger partial charge in [0.1, 0.15) is 0 Å². The quantitative estimate of drug-likeness (QED) is 0.924. The lowest BCUT2D eigenvalue weighted by Gasteiger charge is -2.20.